The van der Waals surface area contributed by atoms with Crippen molar-refractivity contribution in [3.05, 3.63) is 0 Å². The van der Waals surface area contributed by atoms with Crippen molar-refractivity contribution in [2.24, 2.45) is 29.6 Å². The topological polar surface area (TPSA) is 87.8 Å². The lowest BCUT2D eigenvalue weighted by Gasteiger charge is -2.48. The molecule has 2 saturated heterocycles. The third-order valence-electron chi connectivity index (χ3n) is 10.2. The highest BCUT2D eigenvalue weighted by atomic mass is 16.7. The van der Waals surface area contributed by atoms with Crippen LogP contribution < -0.4 is 5.48 Å². The number of hydroxylamine groups is 3. The van der Waals surface area contributed by atoms with Gasteiger partial charge in [0.25, 0.3) is 0 Å². The molecule has 4 rings (SSSR count). The first-order valence-corrected chi connectivity index (χ1v) is 14.9. The van der Waals surface area contributed by atoms with Crippen molar-refractivity contribution >= 4 is 0 Å². The van der Waals surface area contributed by atoms with Crippen LogP contribution in [0.1, 0.15) is 82.1 Å². The van der Waals surface area contributed by atoms with Crippen molar-refractivity contribution < 1.29 is 9.68 Å². The van der Waals surface area contributed by atoms with Crippen molar-refractivity contribution in [1.29, 1.82) is 10.5 Å². The van der Waals surface area contributed by atoms with Crippen molar-refractivity contribution in [2.45, 2.75) is 110 Å². The quantitative estimate of drug-likeness (QED) is 0.315. The monoisotopic (exact) mass is 528 g/mol. The van der Waals surface area contributed by atoms with Crippen LogP contribution in [0.2, 0.25) is 0 Å². The molecule has 38 heavy (non-hydrogen) atoms. The highest BCUT2D eigenvalue weighted by molar-refractivity contribution is 5.42. The van der Waals surface area contributed by atoms with Crippen LogP contribution >= 0.6 is 0 Å². The summed E-state index contributed by atoms with van der Waals surface area (Å²) in [5, 5.41) is 23.5. The molecule has 4 aliphatic rings. The lowest BCUT2D eigenvalue weighted by atomic mass is 9.90. The molecule has 0 aromatic heterocycles. The average molecular weight is 529 g/mol. The van der Waals surface area contributed by atoms with Gasteiger partial charge in [0.1, 0.15) is 11.1 Å². The standard InChI is InChI=1S/C30H52N6O2/c1-11-17-37-33-26(5,6)23-22(21(3)4)29(23,19-31)34-13-15-35(16-14-34)30(20-32)24-25(30)28(9,10)36(27(24,7)8)38-18-12-2/h21-25,33H,11-18H2,1-10H3. The zero-order valence-electron chi connectivity index (χ0n) is 25.6. The Morgan fingerprint density at radius 2 is 1.34 bits per heavy atom. The average Bonchev–Trinajstić information content (AvgIpc) is 3.73. The highest BCUT2D eigenvalue weighted by Crippen LogP contribution is 2.72. The Labute approximate surface area is 231 Å². The predicted octanol–water partition coefficient (Wildman–Crippen LogP) is 4.20. The molecule has 0 aromatic rings. The molecule has 0 bridgehead atoms. The van der Waals surface area contributed by atoms with Crippen molar-refractivity contribution in [2.75, 3.05) is 39.4 Å². The maximum absolute atomic E-state index is 10.7. The molecule has 0 aromatic carbocycles. The second kappa shape index (κ2) is 9.98. The van der Waals surface area contributed by atoms with Crippen molar-refractivity contribution in [3.63, 3.8) is 0 Å². The van der Waals surface area contributed by atoms with Gasteiger partial charge in [0.2, 0.25) is 0 Å². The number of hydrogen-bond acceptors (Lipinski definition) is 8. The molecule has 0 spiro atoms. The van der Waals surface area contributed by atoms with Crippen LogP contribution in [0, 0.1) is 52.3 Å². The minimum Gasteiger partial charge on any atom is -0.301 e. The maximum Gasteiger partial charge on any atom is 0.119 e. The molecule has 4 fully saturated rings. The van der Waals surface area contributed by atoms with Gasteiger partial charge in [-0.05, 0) is 60.3 Å². The summed E-state index contributed by atoms with van der Waals surface area (Å²) in [7, 11) is 0. The van der Waals surface area contributed by atoms with E-state index in [1.807, 2.05) is 0 Å². The molecule has 0 radical (unpaired) electrons. The van der Waals surface area contributed by atoms with Crippen LogP contribution in [-0.4, -0.2) is 82.0 Å². The van der Waals surface area contributed by atoms with Crippen LogP contribution in [0.25, 0.3) is 0 Å². The molecular weight excluding hydrogens is 476 g/mol. The smallest absolute Gasteiger partial charge is 0.119 e. The molecule has 5 unspecified atom stereocenters. The largest absolute Gasteiger partial charge is 0.301 e. The van der Waals surface area contributed by atoms with E-state index in [4.69, 9.17) is 9.68 Å². The number of fused-ring (bicyclic) bond motifs is 1. The second-order valence-corrected chi connectivity index (χ2v) is 14.2. The van der Waals surface area contributed by atoms with Crippen LogP contribution in [-0.2, 0) is 9.68 Å². The fourth-order valence-electron chi connectivity index (χ4n) is 9.15. The zero-order valence-corrected chi connectivity index (χ0v) is 25.6. The van der Waals surface area contributed by atoms with Crippen LogP contribution in [0.5, 0.6) is 0 Å². The summed E-state index contributed by atoms with van der Waals surface area (Å²) in [5.41, 5.74) is 1.58. The number of hydrogen-bond donors (Lipinski definition) is 1. The van der Waals surface area contributed by atoms with E-state index < -0.39 is 11.1 Å². The van der Waals surface area contributed by atoms with Crippen molar-refractivity contribution in [3.8, 4) is 12.1 Å². The minimum atomic E-state index is -0.505. The van der Waals surface area contributed by atoms with Crippen LogP contribution in [0.3, 0.4) is 0 Å². The summed E-state index contributed by atoms with van der Waals surface area (Å²) >= 11 is 0. The maximum atomic E-state index is 10.7. The van der Waals surface area contributed by atoms with E-state index in [-0.39, 0.29) is 40.3 Å². The summed E-state index contributed by atoms with van der Waals surface area (Å²) in [5.74, 6) is 1.32. The number of rotatable bonds is 11. The van der Waals surface area contributed by atoms with Gasteiger partial charge in [-0.25, -0.2) is 0 Å². The van der Waals surface area contributed by atoms with E-state index in [2.05, 4.69) is 102 Å². The molecule has 8 heteroatoms. The third-order valence-corrected chi connectivity index (χ3v) is 10.2. The molecule has 2 heterocycles. The first kappa shape index (κ1) is 29.7. The Balaban J connectivity index is 1.51. The molecule has 5 atom stereocenters. The normalized spacial score (nSPS) is 38.6. The van der Waals surface area contributed by atoms with E-state index >= 15 is 0 Å². The fraction of sp³-hybridized carbons (Fsp3) is 0.933. The molecule has 2 aliphatic carbocycles. The van der Waals surface area contributed by atoms with E-state index in [0.29, 0.717) is 19.1 Å². The van der Waals surface area contributed by atoms with Crippen molar-refractivity contribution in [1.82, 2.24) is 20.3 Å². The van der Waals surface area contributed by atoms with Gasteiger partial charge in [-0.2, -0.15) is 21.1 Å². The fourth-order valence-corrected chi connectivity index (χ4v) is 9.15. The number of nitrogens with zero attached hydrogens (tertiary/aromatic N) is 5. The summed E-state index contributed by atoms with van der Waals surface area (Å²) < 4.78 is 0. The third kappa shape index (κ3) is 4.06. The summed E-state index contributed by atoms with van der Waals surface area (Å²) in [4.78, 5) is 16.9. The Morgan fingerprint density at radius 1 is 0.868 bits per heavy atom. The van der Waals surface area contributed by atoms with E-state index in [1.165, 1.54) is 0 Å². The SMILES string of the molecule is CCCONC(C)(C)C1C(C(C)C)C1(C#N)N1CCN(C2(C#N)C3C2C(C)(C)N(OCCC)C3(C)C)CC1. The number of piperazine rings is 1. The first-order chi connectivity index (χ1) is 17.8. The van der Waals surface area contributed by atoms with Gasteiger partial charge in [-0.1, -0.05) is 27.7 Å². The highest BCUT2D eigenvalue weighted by Gasteiger charge is 2.84. The molecule has 214 valence electrons. The van der Waals surface area contributed by atoms with Gasteiger partial charge >= 0.3 is 0 Å². The Kier molecular flexibility index (Phi) is 7.80. The Bertz CT molecular complexity index is 905. The molecule has 8 nitrogen and oxygen atoms in total. The first-order valence-electron chi connectivity index (χ1n) is 14.9. The summed E-state index contributed by atoms with van der Waals surface area (Å²) in [6.07, 6.45) is 1.92. The molecular formula is C30H52N6O2. The predicted molar refractivity (Wildman–Crippen MR) is 148 cm³/mol. The molecule has 0 amide bonds. The van der Waals surface area contributed by atoms with Crippen LogP contribution in [0.4, 0.5) is 0 Å². The van der Waals surface area contributed by atoms with Gasteiger partial charge in [-0.3, -0.25) is 14.6 Å². The lowest BCUT2D eigenvalue weighted by molar-refractivity contribution is -0.259. The number of piperidine rings is 1. The minimum absolute atomic E-state index is 0.177. The van der Waals surface area contributed by atoms with E-state index in [1.54, 1.807) is 0 Å². The van der Waals surface area contributed by atoms with Gasteiger partial charge in [-0.15, -0.1) is 0 Å². The van der Waals surface area contributed by atoms with E-state index in [0.717, 1.165) is 39.0 Å². The number of nitriles is 2. The molecule has 1 N–H and O–H groups in total. The van der Waals surface area contributed by atoms with Gasteiger partial charge in [0.15, 0.2) is 0 Å². The number of nitrogens with one attached hydrogen (secondary N) is 1. The second-order valence-electron chi connectivity index (χ2n) is 14.2. The van der Waals surface area contributed by atoms with Gasteiger partial charge in [0, 0.05) is 66.5 Å². The lowest BCUT2D eigenvalue weighted by Crippen LogP contribution is -2.62. The van der Waals surface area contributed by atoms with E-state index in [9.17, 15) is 10.5 Å². The Hall–Kier alpha value is -1.26. The Morgan fingerprint density at radius 3 is 1.76 bits per heavy atom. The van der Waals surface area contributed by atoms with Crippen LogP contribution in [0.15, 0.2) is 0 Å². The molecule has 2 saturated carbocycles. The van der Waals surface area contributed by atoms with Gasteiger partial charge < -0.3 is 4.84 Å². The van der Waals surface area contributed by atoms with Gasteiger partial charge in [0.05, 0.1) is 25.4 Å². The zero-order chi connectivity index (χ0) is 28.3. The summed E-state index contributed by atoms with van der Waals surface area (Å²) in [6, 6.07) is 5.62. The summed E-state index contributed by atoms with van der Waals surface area (Å²) in [6.45, 7) is 26.6. The molecule has 2 aliphatic heterocycles.